The minimum atomic E-state index is -0.375. The van der Waals surface area contributed by atoms with Crippen molar-refractivity contribution >= 4 is 34.0 Å². The lowest BCUT2D eigenvalue weighted by Gasteiger charge is -2.00. The maximum Gasteiger partial charge on any atom is 0.293 e. The van der Waals surface area contributed by atoms with E-state index in [0.717, 1.165) is 5.56 Å². The van der Waals surface area contributed by atoms with Crippen molar-refractivity contribution in [1.82, 2.24) is 10.2 Å². The van der Waals surface area contributed by atoms with Crippen molar-refractivity contribution in [2.75, 3.05) is 5.32 Å². The van der Waals surface area contributed by atoms with Crippen LogP contribution in [-0.2, 0) is 0 Å². The predicted octanol–water partition coefficient (Wildman–Crippen LogP) is 3.70. The Morgan fingerprint density at radius 2 is 2.10 bits per heavy atom. The molecule has 0 unspecified atom stereocenters. The van der Waals surface area contributed by atoms with Crippen molar-refractivity contribution < 1.29 is 9.21 Å². The van der Waals surface area contributed by atoms with Gasteiger partial charge >= 0.3 is 0 Å². The van der Waals surface area contributed by atoms with Gasteiger partial charge in [0.05, 0.1) is 5.02 Å². The van der Waals surface area contributed by atoms with Gasteiger partial charge in [-0.2, -0.15) is 0 Å². The van der Waals surface area contributed by atoms with Crippen LogP contribution < -0.4 is 5.32 Å². The van der Waals surface area contributed by atoms with Crippen LogP contribution in [0.1, 0.15) is 10.6 Å². The number of amides is 1. The van der Waals surface area contributed by atoms with Gasteiger partial charge in [-0.15, -0.1) is 10.2 Å². The quantitative estimate of drug-likeness (QED) is 0.801. The van der Waals surface area contributed by atoms with Gasteiger partial charge in [0.25, 0.3) is 5.91 Å². The highest BCUT2D eigenvalue weighted by Gasteiger charge is 2.14. The van der Waals surface area contributed by atoms with Gasteiger partial charge < -0.3 is 4.42 Å². The van der Waals surface area contributed by atoms with Crippen LogP contribution in [0.5, 0.6) is 0 Å². The number of hydrogen-bond acceptors (Lipinski definition) is 5. The summed E-state index contributed by atoms with van der Waals surface area (Å²) in [5, 5.41) is 11.0. The van der Waals surface area contributed by atoms with Gasteiger partial charge in [0.1, 0.15) is 11.3 Å². The standard InChI is InChI=1S/C13H8ClN3O2S/c14-9-4-2-1-3-8(9)10-5-6-11(19-10)12(18)16-13-17-15-7-20-13/h1-7H,(H,16,17,18). The summed E-state index contributed by atoms with van der Waals surface area (Å²) in [5.74, 6) is 0.355. The molecule has 1 N–H and O–H groups in total. The van der Waals surface area contributed by atoms with Gasteiger partial charge in [-0.05, 0) is 24.3 Å². The Hall–Kier alpha value is -2.18. The molecule has 100 valence electrons. The first-order valence-electron chi connectivity index (χ1n) is 5.66. The van der Waals surface area contributed by atoms with Crippen LogP contribution in [0.15, 0.2) is 46.3 Å². The predicted molar refractivity (Wildman–Crippen MR) is 77.0 cm³/mol. The summed E-state index contributed by atoms with van der Waals surface area (Å²) in [5.41, 5.74) is 2.27. The third-order valence-electron chi connectivity index (χ3n) is 2.55. The molecule has 7 heteroatoms. The molecule has 3 aromatic rings. The number of carbonyl (C=O) groups excluding carboxylic acids is 1. The smallest absolute Gasteiger partial charge is 0.293 e. The summed E-state index contributed by atoms with van der Waals surface area (Å²) in [4.78, 5) is 11.9. The van der Waals surface area contributed by atoms with E-state index in [4.69, 9.17) is 16.0 Å². The number of anilines is 1. The Bertz CT molecular complexity index is 740. The Kier molecular flexibility index (Phi) is 3.49. The van der Waals surface area contributed by atoms with Crippen LogP contribution >= 0.6 is 22.9 Å². The SMILES string of the molecule is O=C(Nc1nncs1)c1ccc(-c2ccccc2Cl)o1. The third kappa shape index (κ3) is 2.56. The number of benzene rings is 1. The largest absolute Gasteiger partial charge is 0.451 e. The molecule has 0 saturated heterocycles. The highest BCUT2D eigenvalue weighted by atomic mass is 35.5. The van der Waals surface area contributed by atoms with E-state index in [9.17, 15) is 4.79 Å². The van der Waals surface area contributed by atoms with E-state index in [1.807, 2.05) is 18.2 Å². The molecule has 20 heavy (non-hydrogen) atoms. The van der Waals surface area contributed by atoms with Crippen LogP contribution in [0.25, 0.3) is 11.3 Å². The van der Waals surface area contributed by atoms with E-state index in [0.29, 0.717) is 15.9 Å². The second-order valence-corrected chi connectivity index (χ2v) is 5.08. The molecular formula is C13H8ClN3O2S. The van der Waals surface area contributed by atoms with Crippen molar-refractivity contribution in [2.24, 2.45) is 0 Å². The van der Waals surface area contributed by atoms with Crippen molar-refractivity contribution in [3.63, 3.8) is 0 Å². The fourth-order valence-corrected chi connectivity index (χ4v) is 2.32. The number of furan rings is 1. The second-order valence-electron chi connectivity index (χ2n) is 3.84. The summed E-state index contributed by atoms with van der Waals surface area (Å²) in [6.07, 6.45) is 0. The zero-order valence-corrected chi connectivity index (χ0v) is 11.6. The number of nitrogens with zero attached hydrogens (tertiary/aromatic N) is 2. The zero-order valence-electron chi connectivity index (χ0n) is 10.0. The lowest BCUT2D eigenvalue weighted by Crippen LogP contribution is -2.10. The molecule has 1 amide bonds. The lowest BCUT2D eigenvalue weighted by molar-refractivity contribution is 0.0997. The molecule has 0 radical (unpaired) electrons. The molecule has 3 rings (SSSR count). The third-order valence-corrected chi connectivity index (χ3v) is 3.49. The highest BCUT2D eigenvalue weighted by molar-refractivity contribution is 7.13. The first kappa shape index (κ1) is 12.8. The van der Waals surface area contributed by atoms with Crippen molar-refractivity contribution in [2.45, 2.75) is 0 Å². The van der Waals surface area contributed by atoms with Crippen LogP contribution in [0, 0.1) is 0 Å². The number of nitrogens with one attached hydrogen (secondary N) is 1. The van der Waals surface area contributed by atoms with Gasteiger partial charge in [-0.3, -0.25) is 10.1 Å². The molecule has 0 bridgehead atoms. The number of carbonyl (C=O) groups is 1. The van der Waals surface area contributed by atoms with Crippen LogP contribution in [0.4, 0.5) is 5.13 Å². The summed E-state index contributed by atoms with van der Waals surface area (Å²) >= 11 is 7.32. The molecule has 0 aliphatic heterocycles. The van der Waals surface area contributed by atoms with Crippen molar-refractivity contribution in [3.05, 3.63) is 52.7 Å². The molecular weight excluding hydrogens is 298 g/mol. The fraction of sp³-hybridized carbons (Fsp3) is 0. The van der Waals surface area contributed by atoms with E-state index in [1.165, 1.54) is 16.8 Å². The molecule has 0 aliphatic rings. The van der Waals surface area contributed by atoms with E-state index >= 15 is 0 Å². The average Bonchev–Trinajstić information content (AvgIpc) is 3.10. The first-order valence-corrected chi connectivity index (χ1v) is 6.92. The van der Waals surface area contributed by atoms with E-state index in [2.05, 4.69) is 15.5 Å². The minimum Gasteiger partial charge on any atom is -0.451 e. The Balaban J connectivity index is 1.83. The minimum absolute atomic E-state index is 0.190. The summed E-state index contributed by atoms with van der Waals surface area (Å²) in [7, 11) is 0. The fourth-order valence-electron chi connectivity index (χ4n) is 1.65. The topological polar surface area (TPSA) is 68.0 Å². The molecule has 0 saturated carbocycles. The summed E-state index contributed by atoms with van der Waals surface area (Å²) in [6, 6.07) is 10.6. The first-order chi connectivity index (χ1) is 9.74. The average molecular weight is 306 g/mol. The number of aromatic nitrogens is 2. The molecule has 0 fully saturated rings. The van der Waals surface area contributed by atoms with E-state index in [1.54, 1.807) is 18.2 Å². The van der Waals surface area contributed by atoms with E-state index in [-0.39, 0.29) is 11.7 Å². The van der Waals surface area contributed by atoms with Crippen molar-refractivity contribution in [3.8, 4) is 11.3 Å². The number of rotatable bonds is 3. The monoisotopic (exact) mass is 305 g/mol. The molecule has 5 nitrogen and oxygen atoms in total. The van der Waals surface area contributed by atoms with Gasteiger partial charge in [-0.25, -0.2) is 0 Å². The number of hydrogen-bond donors (Lipinski definition) is 1. The van der Waals surface area contributed by atoms with Crippen LogP contribution in [0.2, 0.25) is 5.02 Å². The van der Waals surface area contributed by atoms with Gasteiger partial charge in [-0.1, -0.05) is 35.1 Å². The van der Waals surface area contributed by atoms with Crippen LogP contribution in [0.3, 0.4) is 0 Å². The molecule has 1 aromatic carbocycles. The van der Waals surface area contributed by atoms with Gasteiger partial charge in [0.2, 0.25) is 5.13 Å². The van der Waals surface area contributed by atoms with E-state index < -0.39 is 0 Å². The maximum atomic E-state index is 11.9. The molecule has 2 aromatic heterocycles. The molecule has 0 aliphatic carbocycles. The summed E-state index contributed by atoms with van der Waals surface area (Å²) < 4.78 is 5.52. The Morgan fingerprint density at radius 1 is 1.25 bits per heavy atom. The van der Waals surface area contributed by atoms with Gasteiger partial charge in [0.15, 0.2) is 5.76 Å². The molecule has 0 spiro atoms. The molecule has 0 atom stereocenters. The molecule has 2 heterocycles. The Morgan fingerprint density at radius 3 is 2.85 bits per heavy atom. The summed E-state index contributed by atoms with van der Waals surface area (Å²) in [6.45, 7) is 0. The van der Waals surface area contributed by atoms with Crippen LogP contribution in [-0.4, -0.2) is 16.1 Å². The zero-order chi connectivity index (χ0) is 13.9. The Labute approximate surface area is 123 Å². The highest BCUT2D eigenvalue weighted by Crippen LogP contribution is 2.29. The maximum absolute atomic E-state index is 11.9. The second kappa shape index (κ2) is 5.44. The van der Waals surface area contributed by atoms with Gasteiger partial charge in [0, 0.05) is 5.56 Å². The van der Waals surface area contributed by atoms with Crippen molar-refractivity contribution in [1.29, 1.82) is 0 Å². The lowest BCUT2D eigenvalue weighted by atomic mass is 10.2. The normalized spacial score (nSPS) is 10.4. The number of halogens is 1.